The number of benzene rings is 1. The van der Waals surface area contributed by atoms with Crippen LogP contribution in [0.3, 0.4) is 0 Å². The lowest BCUT2D eigenvalue weighted by atomic mass is 10.2. The van der Waals surface area contributed by atoms with Crippen molar-refractivity contribution in [2.45, 2.75) is 11.4 Å². The third kappa shape index (κ3) is 1.45. The summed E-state index contributed by atoms with van der Waals surface area (Å²) in [7, 11) is 1.66. The van der Waals surface area contributed by atoms with E-state index in [4.69, 9.17) is 4.74 Å². The predicted molar refractivity (Wildman–Crippen MR) is 60.5 cm³/mol. The molecular formula is C11H10N2OS. The van der Waals surface area contributed by atoms with E-state index < -0.39 is 0 Å². The molecule has 0 fully saturated rings. The first kappa shape index (κ1) is 8.97. The van der Waals surface area contributed by atoms with Crippen molar-refractivity contribution in [3.63, 3.8) is 0 Å². The van der Waals surface area contributed by atoms with Gasteiger partial charge in [-0.15, -0.1) is 11.8 Å². The molecule has 0 amide bonds. The molecular weight excluding hydrogens is 208 g/mol. The third-order valence-corrected chi connectivity index (χ3v) is 3.49. The Labute approximate surface area is 91.9 Å². The summed E-state index contributed by atoms with van der Waals surface area (Å²) >= 11 is 1.79. The van der Waals surface area contributed by atoms with Crippen LogP contribution in [-0.2, 0) is 6.42 Å². The van der Waals surface area contributed by atoms with Gasteiger partial charge >= 0.3 is 0 Å². The summed E-state index contributed by atoms with van der Waals surface area (Å²) in [5, 5.41) is 1.09. The summed E-state index contributed by atoms with van der Waals surface area (Å²) in [6.07, 6.45) is 1.03. The molecule has 0 bridgehead atoms. The standard InChI is InChI=1S/C11H10N2OS/c1-14-7-2-3-8-10(6-7)12-9-4-5-15-11(9)13-8/h2-3,6H,4-5H2,1H3. The highest BCUT2D eigenvalue weighted by molar-refractivity contribution is 7.99. The molecule has 2 heterocycles. The Balaban J connectivity index is 2.24. The van der Waals surface area contributed by atoms with Gasteiger partial charge in [0.25, 0.3) is 0 Å². The van der Waals surface area contributed by atoms with Crippen molar-refractivity contribution >= 4 is 22.8 Å². The predicted octanol–water partition coefficient (Wildman–Crippen LogP) is 2.29. The summed E-state index contributed by atoms with van der Waals surface area (Å²) in [5.41, 5.74) is 3.00. The smallest absolute Gasteiger partial charge is 0.121 e. The number of nitrogens with zero attached hydrogens (tertiary/aromatic N) is 2. The summed E-state index contributed by atoms with van der Waals surface area (Å²) in [6.45, 7) is 0. The normalized spacial score (nSPS) is 14.2. The van der Waals surface area contributed by atoms with Crippen molar-refractivity contribution < 1.29 is 4.74 Å². The van der Waals surface area contributed by atoms with Gasteiger partial charge in [0.2, 0.25) is 0 Å². The SMILES string of the molecule is COc1ccc2nc3c(nc2c1)CCS3. The molecule has 0 saturated carbocycles. The first-order valence-electron chi connectivity index (χ1n) is 4.84. The molecule has 1 aromatic heterocycles. The van der Waals surface area contributed by atoms with Gasteiger partial charge in [-0.25, -0.2) is 9.97 Å². The fourth-order valence-corrected chi connectivity index (χ4v) is 2.67. The lowest BCUT2D eigenvalue weighted by Gasteiger charge is -2.03. The Morgan fingerprint density at radius 1 is 1.27 bits per heavy atom. The van der Waals surface area contributed by atoms with Crippen LogP contribution in [0.2, 0.25) is 0 Å². The van der Waals surface area contributed by atoms with Gasteiger partial charge in [0.05, 0.1) is 23.8 Å². The lowest BCUT2D eigenvalue weighted by Crippen LogP contribution is -1.93. The van der Waals surface area contributed by atoms with Crippen LogP contribution in [0.1, 0.15) is 5.69 Å². The molecule has 2 aromatic rings. The van der Waals surface area contributed by atoms with E-state index in [2.05, 4.69) is 9.97 Å². The van der Waals surface area contributed by atoms with E-state index in [1.807, 2.05) is 18.2 Å². The van der Waals surface area contributed by atoms with E-state index >= 15 is 0 Å². The second kappa shape index (κ2) is 3.38. The van der Waals surface area contributed by atoms with Crippen LogP contribution >= 0.6 is 11.8 Å². The van der Waals surface area contributed by atoms with Gasteiger partial charge in [-0.2, -0.15) is 0 Å². The Bertz CT molecular complexity index is 527. The summed E-state index contributed by atoms with van der Waals surface area (Å²) in [4.78, 5) is 9.18. The van der Waals surface area contributed by atoms with E-state index in [9.17, 15) is 0 Å². The summed E-state index contributed by atoms with van der Waals surface area (Å²) < 4.78 is 5.17. The number of hydrogen-bond acceptors (Lipinski definition) is 4. The van der Waals surface area contributed by atoms with Crippen LogP contribution in [0, 0.1) is 0 Å². The number of aryl methyl sites for hydroxylation is 1. The van der Waals surface area contributed by atoms with Gasteiger partial charge in [-0.05, 0) is 12.1 Å². The first-order chi connectivity index (χ1) is 7.36. The van der Waals surface area contributed by atoms with Crippen LogP contribution in [-0.4, -0.2) is 22.8 Å². The van der Waals surface area contributed by atoms with Gasteiger partial charge in [0.15, 0.2) is 0 Å². The van der Waals surface area contributed by atoms with Crippen LogP contribution < -0.4 is 4.74 Å². The monoisotopic (exact) mass is 218 g/mol. The van der Waals surface area contributed by atoms with Crippen LogP contribution in [0.5, 0.6) is 5.75 Å². The number of rotatable bonds is 1. The molecule has 3 rings (SSSR count). The maximum absolute atomic E-state index is 5.17. The van der Waals surface area contributed by atoms with E-state index in [1.54, 1.807) is 18.9 Å². The second-order valence-electron chi connectivity index (χ2n) is 3.43. The zero-order valence-electron chi connectivity index (χ0n) is 8.36. The second-order valence-corrected chi connectivity index (χ2v) is 4.51. The number of aromatic nitrogens is 2. The molecule has 15 heavy (non-hydrogen) atoms. The highest BCUT2D eigenvalue weighted by Gasteiger charge is 2.15. The number of ether oxygens (including phenoxy) is 1. The average Bonchev–Trinajstić information content (AvgIpc) is 2.72. The fourth-order valence-electron chi connectivity index (χ4n) is 1.70. The average molecular weight is 218 g/mol. The van der Waals surface area contributed by atoms with Crippen molar-refractivity contribution in [1.82, 2.24) is 9.97 Å². The minimum absolute atomic E-state index is 0.836. The van der Waals surface area contributed by atoms with Crippen molar-refractivity contribution in [3.05, 3.63) is 23.9 Å². The van der Waals surface area contributed by atoms with Gasteiger partial charge in [-0.3, -0.25) is 0 Å². The molecule has 0 atom stereocenters. The molecule has 1 aliphatic rings. The molecule has 0 aliphatic carbocycles. The van der Waals surface area contributed by atoms with Gasteiger partial charge in [0, 0.05) is 18.2 Å². The highest BCUT2D eigenvalue weighted by atomic mass is 32.2. The molecule has 76 valence electrons. The first-order valence-corrected chi connectivity index (χ1v) is 5.83. The molecule has 0 N–H and O–H groups in total. The lowest BCUT2D eigenvalue weighted by molar-refractivity contribution is 0.415. The maximum Gasteiger partial charge on any atom is 0.121 e. The molecule has 1 aliphatic heterocycles. The Hall–Kier alpha value is -1.29. The van der Waals surface area contributed by atoms with Gasteiger partial charge in [-0.1, -0.05) is 0 Å². The molecule has 1 aromatic carbocycles. The third-order valence-electron chi connectivity index (χ3n) is 2.48. The van der Waals surface area contributed by atoms with E-state index in [-0.39, 0.29) is 0 Å². The van der Waals surface area contributed by atoms with Crippen molar-refractivity contribution in [2.75, 3.05) is 12.9 Å². The van der Waals surface area contributed by atoms with Crippen LogP contribution in [0.4, 0.5) is 0 Å². The molecule has 0 radical (unpaired) electrons. The quantitative estimate of drug-likeness (QED) is 0.735. The Kier molecular flexibility index (Phi) is 2.02. The van der Waals surface area contributed by atoms with Crippen molar-refractivity contribution in [2.24, 2.45) is 0 Å². The number of hydrogen-bond donors (Lipinski definition) is 0. The fraction of sp³-hybridized carbons (Fsp3) is 0.273. The molecule has 3 nitrogen and oxygen atoms in total. The van der Waals surface area contributed by atoms with Gasteiger partial charge < -0.3 is 4.74 Å². The largest absolute Gasteiger partial charge is 0.497 e. The van der Waals surface area contributed by atoms with Crippen LogP contribution in [0.15, 0.2) is 23.2 Å². The molecule has 0 unspecified atom stereocenters. The van der Waals surface area contributed by atoms with E-state index in [0.29, 0.717) is 0 Å². The Morgan fingerprint density at radius 2 is 2.20 bits per heavy atom. The topological polar surface area (TPSA) is 35.0 Å². The van der Waals surface area contributed by atoms with E-state index in [1.165, 1.54) is 0 Å². The minimum Gasteiger partial charge on any atom is -0.497 e. The molecule has 0 saturated heterocycles. The molecule has 0 spiro atoms. The number of fused-ring (bicyclic) bond motifs is 2. The van der Waals surface area contributed by atoms with Crippen molar-refractivity contribution in [3.8, 4) is 5.75 Å². The number of methoxy groups -OCH3 is 1. The highest BCUT2D eigenvalue weighted by Crippen LogP contribution is 2.30. The minimum atomic E-state index is 0.836. The zero-order valence-corrected chi connectivity index (χ0v) is 9.17. The van der Waals surface area contributed by atoms with Crippen LogP contribution in [0.25, 0.3) is 11.0 Å². The zero-order chi connectivity index (χ0) is 10.3. The summed E-state index contributed by atoms with van der Waals surface area (Å²) in [5.74, 6) is 1.94. The van der Waals surface area contributed by atoms with E-state index in [0.717, 1.165) is 39.7 Å². The molecule has 4 heteroatoms. The number of thioether (sulfide) groups is 1. The maximum atomic E-state index is 5.17. The van der Waals surface area contributed by atoms with Gasteiger partial charge in [0.1, 0.15) is 10.8 Å². The Morgan fingerprint density at radius 3 is 3.07 bits per heavy atom. The van der Waals surface area contributed by atoms with Crippen molar-refractivity contribution in [1.29, 1.82) is 0 Å². The summed E-state index contributed by atoms with van der Waals surface area (Å²) in [6, 6.07) is 5.81.